The Labute approximate surface area is 178 Å². The Morgan fingerprint density at radius 3 is 2.30 bits per heavy atom. The van der Waals surface area contributed by atoms with Gasteiger partial charge in [-0.25, -0.2) is 14.4 Å². The van der Waals surface area contributed by atoms with Crippen molar-refractivity contribution in [3.05, 3.63) is 41.5 Å². The maximum absolute atomic E-state index is 12.3. The smallest absolute Gasteiger partial charge is 0.411 e. The molecule has 0 aliphatic heterocycles. The molecule has 1 amide bonds. The quantitative estimate of drug-likeness (QED) is 0.205. The van der Waals surface area contributed by atoms with Crippen molar-refractivity contribution in [3.8, 4) is 0 Å². The zero-order chi connectivity index (χ0) is 22.4. The van der Waals surface area contributed by atoms with Crippen molar-refractivity contribution in [1.29, 1.82) is 0 Å². The molecule has 0 radical (unpaired) electrons. The number of ether oxygens (including phenoxy) is 3. The van der Waals surface area contributed by atoms with E-state index < -0.39 is 18.0 Å². The lowest BCUT2D eigenvalue weighted by molar-refractivity contribution is -0.140. The molecule has 0 atom stereocenters. The van der Waals surface area contributed by atoms with Crippen LogP contribution in [0.5, 0.6) is 0 Å². The van der Waals surface area contributed by atoms with Crippen LogP contribution in [0.15, 0.2) is 30.4 Å². The number of hydrogen-bond acceptors (Lipinski definition) is 6. The van der Waals surface area contributed by atoms with E-state index in [-0.39, 0.29) is 18.8 Å². The van der Waals surface area contributed by atoms with Gasteiger partial charge in [-0.2, -0.15) is 0 Å². The summed E-state index contributed by atoms with van der Waals surface area (Å²) < 4.78 is 15.2. The highest BCUT2D eigenvalue weighted by molar-refractivity contribution is 5.94. The van der Waals surface area contributed by atoms with Crippen LogP contribution in [0.1, 0.15) is 68.3 Å². The number of benzene rings is 1. The van der Waals surface area contributed by atoms with Gasteiger partial charge >= 0.3 is 18.0 Å². The van der Waals surface area contributed by atoms with E-state index in [1.807, 2.05) is 0 Å². The predicted molar refractivity (Wildman–Crippen MR) is 116 cm³/mol. The van der Waals surface area contributed by atoms with Crippen molar-refractivity contribution >= 4 is 23.7 Å². The third-order valence-electron chi connectivity index (χ3n) is 4.33. The van der Waals surface area contributed by atoms with E-state index in [1.165, 1.54) is 32.3 Å². The second-order valence-electron chi connectivity index (χ2n) is 7.11. The number of aryl methyl sites for hydroxylation is 1. The van der Waals surface area contributed by atoms with E-state index in [1.54, 1.807) is 19.1 Å². The fraction of sp³-hybridized carbons (Fsp3) is 0.522. The summed E-state index contributed by atoms with van der Waals surface area (Å²) in [6.07, 6.45) is 6.11. The molecule has 166 valence electrons. The largest absolute Gasteiger partial charge is 0.459 e. The first kappa shape index (κ1) is 25.2. The van der Waals surface area contributed by atoms with Crippen LogP contribution in [0.3, 0.4) is 0 Å². The number of carbonyl (C=O) groups is 3. The zero-order valence-corrected chi connectivity index (χ0v) is 18.3. The van der Waals surface area contributed by atoms with Gasteiger partial charge in [0.25, 0.3) is 0 Å². The minimum atomic E-state index is -0.567. The summed E-state index contributed by atoms with van der Waals surface area (Å²) in [6.45, 7) is 9.18. The first-order chi connectivity index (χ1) is 14.3. The van der Waals surface area contributed by atoms with Crippen molar-refractivity contribution < 1.29 is 28.6 Å². The number of rotatable bonds is 13. The van der Waals surface area contributed by atoms with Gasteiger partial charge < -0.3 is 14.2 Å². The maximum atomic E-state index is 12.3. The number of nitrogens with one attached hydrogen (secondary N) is 1. The van der Waals surface area contributed by atoms with E-state index in [0.29, 0.717) is 23.4 Å². The number of unbranched alkanes of at least 4 members (excludes halogenated alkanes) is 5. The van der Waals surface area contributed by atoms with E-state index in [9.17, 15) is 14.4 Å². The Balaban J connectivity index is 2.42. The Hall–Kier alpha value is -2.83. The fourth-order valence-corrected chi connectivity index (χ4v) is 2.59. The molecule has 1 aromatic rings. The minimum Gasteiger partial charge on any atom is -0.459 e. The van der Waals surface area contributed by atoms with Crippen LogP contribution in [0.25, 0.3) is 0 Å². The lowest BCUT2D eigenvalue weighted by Crippen LogP contribution is -2.16. The topological polar surface area (TPSA) is 90.9 Å². The lowest BCUT2D eigenvalue weighted by Gasteiger charge is -2.11. The van der Waals surface area contributed by atoms with Crippen molar-refractivity contribution in [2.24, 2.45) is 0 Å². The van der Waals surface area contributed by atoms with Crippen LogP contribution < -0.4 is 5.32 Å². The maximum Gasteiger partial charge on any atom is 0.411 e. The molecule has 1 N–H and O–H groups in total. The number of amides is 1. The van der Waals surface area contributed by atoms with Gasteiger partial charge in [-0.05, 0) is 38.0 Å². The molecule has 0 aliphatic rings. The number of hydrogen-bond donors (Lipinski definition) is 1. The molecule has 0 unspecified atom stereocenters. The second-order valence-corrected chi connectivity index (χ2v) is 7.11. The molecule has 0 aliphatic carbocycles. The van der Waals surface area contributed by atoms with Gasteiger partial charge in [-0.1, -0.05) is 51.7 Å². The Morgan fingerprint density at radius 1 is 0.933 bits per heavy atom. The highest BCUT2D eigenvalue weighted by Gasteiger charge is 2.13. The standard InChI is InChI=1S/C23H33NO6/c1-5-6-7-8-9-10-13-30-23(27)24-19-12-11-18(4)20(16-19)22(26)29-15-14-28-21(25)17(2)3/h11-12,16H,2,5-10,13-15H2,1,3-4H3,(H,24,27). The van der Waals surface area contributed by atoms with E-state index in [0.717, 1.165) is 19.3 Å². The number of esters is 2. The third kappa shape index (κ3) is 10.1. The summed E-state index contributed by atoms with van der Waals surface area (Å²) in [5, 5.41) is 2.62. The third-order valence-corrected chi connectivity index (χ3v) is 4.33. The van der Waals surface area contributed by atoms with Crippen LogP contribution in [-0.2, 0) is 19.0 Å². The van der Waals surface area contributed by atoms with E-state index in [4.69, 9.17) is 14.2 Å². The lowest BCUT2D eigenvalue weighted by atomic mass is 10.1. The van der Waals surface area contributed by atoms with E-state index in [2.05, 4.69) is 18.8 Å². The predicted octanol–water partition coefficient (Wildman–Crippen LogP) is 5.18. The molecular weight excluding hydrogens is 386 g/mol. The Bertz CT molecular complexity index is 728. The average Bonchev–Trinajstić information content (AvgIpc) is 2.71. The van der Waals surface area contributed by atoms with Crippen LogP contribution in [0.2, 0.25) is 0 Å². The summed E-state index contributed by atoms with van der Waals surface area (Å²) in [6, 6.07) is 4.93. The van der Waals surface area contributed by atoms with Crippen molar-refractivity contribution in [2.45, 2.75) is 59.3 Å². The minimum absolute atomic E-state index is 0.0564. The summed E-state index contributed by atoms with van der Waals surface area (Å²) in [4.78, 5) is 35.5. The molecule has 30 heavy (non-hydrogen) atoms. The van der Waals surface area contributed by atoms with Crippen LogP contribution in [0, 0.1) is 6.92 Å². The summed E-state index contributed by atoms with van der Waals surface area (Å²) in [5.74, 6) is -1.10. The molecule has 0 saturated heterocycles. The summed E-state index contributed by atoms with van der Waals surface area (Å²) in [7, 11) is 0. The van der Waals surface area contributed by atoms with Crippen molar-refractivity contribution in [2.75, 3.05) is 25.1 Å². The number of anilines is 1. The van der Waals surface area contributed by atoms with Gasteiger partial charge in [0.1, 0.15) is 13.2 Å². The molecule has 0 heterocycles. The molecule has 0 saturated carbocycles. The van der Waals surface area contributed by atoms with Crippen molar-refractivity contribution in [1.82, 2.24) is 0 Å². The molecule has 1 aromatic carbocycles. The molecule has 7 nitrogen and oxygen atoms in total. The molecule has 0 fully saturated rings. The van der Waals surface area contributed by atoms with Gasteiger partial charge in [0.05, 0.1) is 12.2 Å². The Morgan fingerprint density at radius 2 is 1.60 bits per heavy atom. The van der Waals surface area contributed by atoms with Gasteiger partial charge in [-0.15, -0.1) is 0 Å². The molecule has 0 spiro atoms. The average molecular weight is 420 g/mol. The Kier molecular flexibility index (Phi) is 11.9. The molecule has 1 rings (SSSR count). The van der Waals surface area contributed by atoms with Gasteiger partial charge in [0, 0.05) is 11.3 Å². The van der Waals surface area contributed by atoms with Gasteiger partial charge in [-0.3, -0.25) is 5.32 Å². The van der Waals surface area contributed by atoms with Crippen LogP contribution in [0.4, 0.5) is 10.5 Å². The first-order valence-electron chi connectivity index (χ1n) is 10.4. The fourth-order valence-electron chi connectivity index (χ4n) is 2.59. The molecular formula is C23H33NO6. The highest BCUT2D eigenvalue weighted by atomic mass is 16.6. The molecule has 7 heteroatoms. The second kappa shape index (κ2) is 14.2. The van der Waals surface area contributed by atoms with E-state index >= 15 is 0 Å². The van der Waals surface area contributed by atoms with Crippen molar-refractivity contribution in [3.63, 3.8) is 0 Å². The highest BCUT2D eigenvalue weighted by Crippen LogP contribution is 2.17. The van der Waals surface area contributed by atoms with Gasteiger partial charge in [0.15, 0.2) is 0 Å². The monoisotopic (exact) mass is 419 g/mol. The molecule has 0 aromatic heterocycles. The normalized spacial score (nSPS) is 10.2. The van der Waals surface area contributed by atoms with Gasteiger partial charge in [0.2, 0.25) is 0 Å². The summed E-state index contributed by atoms with van der Waals surface area (Å²) in [5.41, 5.74) is 1.73. The van der Waals surface area contributed by atoms with Crippen LogP contribution in [-0.4, -0.2) is 37.9 Å². The van der Waals surface area contributed by atoms with Crippen LogP contribution >= 0.6 is 0 Å². The first-order valence-corrected chi connectivity index (χ1v) is 10.4. The summed E-state index contributed by atoms with van der Waals surface area (Å²) >= 11 is 0. The number of carbonyl (C=O) groups excluding carboxylic acids is 3. The SMILES string of the molecule is C=C(C)C(=O)OCCOC(=O)c1cc(NC(=O)OCCCCCCCC)ccc1C. The zero-order valence-electron chi connectivity index (χ0n) is 18.3. The molecule has 0 bridgehead atoms.